The number of rotatable bonds is 1. The van der Waals surface area contributed by atoms with Crippen molar-refractivity contribution in [2.45, 2.75) is 13.8 Å². The van der Waals surface area contributed by atoms with Crippen LogP contribution in [0.3, 0.4) is 0 Å². The molecule has 0 saturated heterocycles. The Morgan fingerprint density at radius 3 is 2.76 bits per heavy atom. The van der Waals surface area contributed by atoms with Crippen LogP contribution in [0.5, 0.6) is 0 Å². The second-order valence-corrected chi connectivity index (χ2v) is 3.79. The Morgan fingerprint density at radius 1 is 1.41 bits per heavy atom. The van der Waals surface area contributed by atoms with Gasteiger partial charge in [-0.15, -0.1) is 0 Å². The smallest absolute Gasteiger partial charge is 0.343 e. The van der Waals surface area contributed by atoms with E-state index in [4.69, 9.17) is 0 Å². The lowest BCUT2D eigenvalue weighted by Crippen LogP contribution is -2.17. The van der Waals surface area contributed by atoms with Gasteiger partial charge in [0.2, 0.25) is 5.43 Å². The molecule has 0 fully saturated rings. The third-order valence-electron chi connectivity index (χ3n) is 2.58. The molecule has 0 aliphatic carbocycles. The number of pyridine rings is 2. The van der Waals surface area contributed by atoms with Crippen LogP contribution in [0, 0.1) is 13.8 Å². The zero-order valence-corrected chi connectivity index (χ0v) is 9.83. The van der Waals surface area contributed by atoms with Gasteiger partial charge in [0.1, 0.15) is 5.56 Å². The first kappa shape index (κ1) is 11.3. The number of aromatic amines is 1. The number of aryl methyl sites for hydroxylation is 2. The van der Waals surface area contributed by atoms with Gasteiger partial charge in [-0.3, -0.25) is 9.78 Å². The third kappa shape index (κ3) is 1.80. The van der Waals surface area contributed by atoms with Gasteiger partial charge in [0.05, 0.1) is 18.3 Å². The molecule has 5 heteroatoms. The maximum atomic E-state index is 12.1. The third-order valence-corrected chi connectivity index (χ3v) is 2.58. The van der Waals surface area contributed by atoms with Gasteiger partial charge in [-0.05, 0) is 19.9 Å². The number of nitrogens with one attached hydrogen (secondary N) is 1. The molecule has 88 valence electrons. The molecule has 5 nitrogen and oxygen atoms in total. The average Bonchev–Trinajstić information content (AvgIpc) is 2.29. The van der Waals surface area contributed by atoms with Crippen molar-refractivity contribution in [3.8, 4) is 0 Å². The van der Waals surface area contributed by atoms with Crippen LogP contribution in [0.25, 0.3) is 10.9 Å². The minimum atomic E-state index is -0.639. The lowest BCUT2D eigenvalue weighted by Gasteiger charge is -2.05. The molecule has 0 saturated carbocycles. The number of fused-ring (bicyclic) bond motifs is 1. The molecule has 0 radical (unpaired) electrons. The molecule has 0 aliphatic heterocycles. The lowest BCUT2D eigenvalue weighted by molar-refractivity contribution is 0.0599. The Bertz CT molecular complexity index is 659. The summed E-state index contributed by atoms with van der Waals surface area (Å²) < 4.78 is 4.55. The zero-order valence-electron chi connectivity index (χ0n) is 9.83. The van der Waals surface area contributed by atoms with Crippen molar-refractivity contribution in [3.05, 3.63) is 39.4 Å². The first-order valence-corrected chi connectivity index (χ1v) is 5.12. The first-order valence-electron chi connectivity index (χ1n) is 5.12. The molecular formula is C12H12N2O3. The maximum absolute atomic E-state index is 12.1. The van der Waals surface area contributed by atoms with Crippen molar-refractivity contribution in [1.29, 1.82) is 0 Å². The average molecular weight is 232 g/mol. The lowest BCUT2D eigenvalue weighted by atomic mass is 10.1. The molecule has 0 aromatic carbocycles. The van der Waals surface area contributed by atoms with E-state index in [0.29, 0.717) is 10.9 Å². The van der Waals surface area contributed by atoms with E-state index in [9.17, 15) is 9.59 Å². The monoisotopic (exact) mass is 232 g/mol. The number of esters is 1. The molecule has 17 heavy (non-hydrogen) atoms. The molecule has 1 N–H and O–H groups in total. The summed E-state index contributed by atoms with van der Waals surface area (Å²) in [7, 11) is 1.25. The molecule has 2 rings (SSSR count). The van der Waals surface area contributed by atoms with Crippen LogP contribution in [0.15, 0.2) is 17.1 Å². The van der Waals surface area contributed by atoms with E-state index in [1.54, 1.807) is 13.0 Å². The van der Waals surface area contributed by atoms with Crippen molar-refractivity contribution in [3.63, 3.8) is 0 Å². The number of ether oxygens (including phenoxy) is 1. The van der Waals surface area contributed by atoms with Gasteiger partial charge >= 0.3 is 5.97 Å². The Balaban J connectivity index is 2.85. The summed E-state index contributed by atoms with van der Waals surface area (Å²) in [4.78, 5) is 30.6. The molecule has 2 aromatic heterocycles. The van der Waals surface area contributed by atoms with Crippen molar-refractivity contribution in [2.75, 3.05) is 7.11 Å². The van der Waals surface area contributed by atoms with Crippen LogP contribution in [0.1, 0.15) is 21.7 Å². The number of carbonyl (C=O) groups excluding carboxylic acids is 1. The van der Waals surface area contributed by atoms with Gasteiger partial charge in [-0.2, -0.15) is 0 Å². The Morgan fingerprint density at radius 2 is 2.12 bits per heavy atom. The minimum Gasteiger partial charge on any atom is -0.465 e. The van der Waals surface area contributed by atoms with E-state index in [2.05, 4.69) is 14.7 Å². The molecule has 0 atom stereocenters. The Labute approximate surface area is 97.4 Å². The van der Waals surface area contributed by atoms with Crippen LogP contribution in [-0.2, 0) is 4.74 Å². The van der Waals surface area contributed by atoms with E-state index in [0.717, 1.165) is 11.4 Å². The second kappa shape index (κ2) is 4.01. The quantitative estimate of drug-likeness (QED) is 0.753. The van der Waals surface area contributed by atoms with Crippen molar-refractivity contribution in [2.24, 2.45) is 0 Å². The fourth-order valence-electron chi connectivity index (χ4n) is 1.81. The second-order valence-electron chi connectivity index (χ2n) is 3.79. The van der Waals surface area contributed by atoms with Crippen molar-refractivity contribution in [1.82, 2.24) is 9.97 Å². The van der Waals surface area contributed by atoms with E-state index in [1.807, 2.05) is 6.92 Å². The van der Waals surface area contributed by atoms with Crippen molar-refractivity contribution >= 4 is 16.9 Å². The van der Waals surface area contributed by atoms with E-state index >= 15 is 0 Å². The summed E-state index contributed by atoms with van der Waals surface area (Å²) in [6.07, 6.45) is 1.36. The number of nitrogens with zero attached hydrogens (tertiary/aromatic N) is 1. The highest BCUT2D eigenvalue weighted by Crippen LogP contribution is 2.13. The van der Waals surface area contributed by atoms with Crippen LogP contribution < -0.4 is 5.43 Å². The van der Waals surface area contributed by atoms with Gasteiger partial charge < -0.3 is 9.72 Å². The molecular weight excluding hydrogens is 220 g/mol. The number of H-pyrrole nitrogens is 1. The highest BCUT2D eigenvalue weighted by atomic mass is 16.5. The number of aromatic nitrogens is 2. The normalized spacial score (nSPS) is 10.5. The Kier molecular flexibility index (Phi) is 2.67. The summed E-state index contributed by atoms with van der Waals surface area (Å²) in [6, 6.07) is 1.66. The minimum absolute atomic E-state index is 0.00463. The summed E-state index contributed by atoms with van der Waals surface area (Å²) in [5.74, 6) is -0.639. The summed E-state index contributed by atoms with van der Waals surface area (Å²) in [5.41, 5.74) is 1.79. The highest BCUT2D eigenvalue weighted by molar-refractivity contribution is 5.93. The van der Waals surface area contributed by atoms with Gasteiger partial charge in [-0.25, -0.2) is 4.79 Å². The number of hydrogen-bond donors (Lipinski definition) is 1. The molecule has 0 bridgehead atoms. The number of hydrogen-bond acceptors (Lipinski definition) is 4. The fraction of sp³-hybridized carbons (Fsp3) is 0.250. The van der Waals surface area contributed by atoms with Crippen molar-refractivity contribution < 1.29 is 9.53 Å². The molecule has 0 spiro atoms. The number of carbonyl (C=O) groups is 1. The van der Waals surface area contributed by atoms with E-state index < -0.39 is 5.97 Å². The standard InChI is InChI=1S/C12H12N2O3/c1-6-4-8-10(7(2)14-6)13-5-9(11(8)15)12(16)17-3/h4-5H,1-3H3,(H,13,15). The van der Waals surface area contributed by atoms with Gasteiger partial charge in [0.25, 0.3) is 0 Å². The van der Waals surface area contributed by atoms with Crippen LogP contribution in [0.4, 0.5) is 0 Å². The summed E-state index contributed by atoms with van der Waals surface area (Å²) in [6.45, 7) is 3.61. The van der Waals surface area contributed by atoms with Gasteiger partial charge in [-0.1, -0.05) is 0 Å². The SMILES string of the molecule is COC(=O)c1c[nH]c2c(C)nc(C)cc2c1=O. The van der Waals surface area contributed by atoms with Crippen LogP contribution >= 0.6 is 0 Å². The number of methoxy groups -OCH3 is 1. The van der Waals surface area contributed by atoms with Crippen LogP contribution in [0.2, 0.25) is 0 Å². The fourth-order valence-corrected chi connectivity index (χ4v) is 1.81. The largest absolute Gasteiger partial charge is 0.465 e. The predicted molar refractivity (Wildman–Crippen MR) is 63.2 cm³/mol. The summed E-state index contributed by atoms with van der Waals surface area (Å²) in [5, 5.41) is 0.456. The van der Waals surface area contributed by atoms with E-state index in [-0.39, 0.29) is 11.0 Å². The van der Waals surface area contributed by atoms with Gasteiger partial charge in [0.15, 0.2) is 0 Å². The molecule has 0 aliphatic rings. The van der Waals surface area contributed by atoms with Crippen LogP contribution in [-0.4, -0.2) is 23.0 Å². The van der Waals surface area contributed by atoms with E-state index in [1.165, 1.54) is 13.3 Å². The molecule has 0 unspecified atom stereocenters. The zero-order chi connectivity index (χ0) is 12.6. The molecule has 2 heterocycles. The first-order chi connectivity index (χ1) is 8.04. The maximum Gasteiger partial charge on any atom is 0.343 e. The summed E-state index contributed by atoms with van der Waals surface area (Å²) >= 11 is 0. The molecule has 2 aromatic rings. The molecule has 0 amide bonds. The van der Waals surface area contributed by atoms with Gasteiger partial charge in [0, 0.05) is 17.3 Å². The highest BCUT2D eigenvalue weighted by Gasteiger charge is 2.14. The topological polar surface area (TPSA) is 72.1 Å². The predicted octanol–water partition coefficient (Wildman–Crippen LogP) is 1.33. The Hall–Kier alpha value is -2.17.